The molecule has 2 rings (SSSR count). The summed E-state index contributed by atoms with van der Waals surface area (Å²) in [6.07, 6.45) is 1.89. The van der Waals surface area contributed by atoms with Gasteiger partial charge in [0.1, 0.15) is 0 Å². The van der Waals surface area contributed by atoms with Crippen molar-refractivity contribution in [1.29, 1.82) is 0 Å². The van der Waals surface area contributed by atoms with Crippen molar-refractivity contribution in [3.05, 3.63) is 41.5 Å². The molecule has 3 atom stereocenters. The highest BCUT2D eigenvalue weighted by Crippen LogP contribution is 2.39. The first-order valence-corrected chi connectivity index (χ1v) is 7.71. The predicted octanol–water partition coefficient (Wildman–Crippen LogP) is 1.70. The monoisotopic (exact) mass is 281 g/mol. The van der Waals surface area contributed by atoms with Gasteiger partial charge in [0.2, 0.25) is 10.0 Å². The molecular weight excluding hydrogens is 262 g/mol. The topological polar surface area (TPSA) is 57.4 Å². The molecule has 0 aromatic heterocycles. The maximum atomic E-state index is 12.5. The summed E-state index contributed by atoms with van der Waals surface area (Å²) < 4.78 is 26.4. The molecule has 1 N–H and O–H groups in total. The first-order chi connectivity index (χ1) is 8.93. The van der Waals surface area contributed by atoms with Gasteiger partial charge in [-0.1, -0.05) is 29.3 Å². The fraction of sp³-hybridized carbons (Fsp3) is 0.429. The third-order valence-corrected chi connectivity index (χ3v) is 5.50. The number of nitrogens with zero attached hydrogens (tertiary/aromatic N) is 1. The van der Waals surface area contributed by atoms with Gasteiger partial charge >= 0.3 is 0 Å². The zero-order valence-corrected chi connectivity index (χ0v) is 12.2. The Morgan fingerprint density at radius 3 is 2.42 bits per heavy atom. The maximum absolute atomic E-state index is 12.5. The second-order valence-corrected chi connectivity index (χ2v) is 6.72. The van der Waals surface area contributed by atoms with E-state index in [1.807, 2.05) is 26.8 Å². The molecule has 1 saturated heterocycles. The second-order valence-electron chi connectivity index (χ2n) is 4.88. The van der Waals surface area contributed by atoms with Crippen molar-refractivity contribution < 1.29 is 13.5 Å². The Labute approximate surface area is 114 Å². The minimum absolute atomic E-state index is 0.152. The minimum Gasteiger partial charge on any atom is -0.395 e. The van der Waals surface area contributed by atoms with Crippen LogP contribution in [0.15, 0.2) is 40.8 Å². The number of allylic oxidation sites excluding steroid dienone is 1. The van der Waals surface area contributed by atoms with E-state index in [1.54, 1.807) is 24.3 Å². The van der Waals surface area contributed by atoms with E-state index in [-0.39, 0.29) is 23.6 Å². The van der Waals surface area contributed by atoms with Gasteiger partial charge in [-0.05, 0) is 32.9 Å². The summed E-state index contributed by atoms with van der Waals surface area (Å²) in [6, 6.07) is 6.24. The molecule has 19 heavy (non-hydrogen) atoms. The lowest BCUT2D eigenvalue weighted by molar-refractivity contribution is 0.286. The van der Waals surface area contributed by atoms with Crippen molar-refractivity contribution in [1.82, 2.24) is 4.31 Å². The second kappa shape index (κ2) is 5.07. The van der Waals surface area contributed by atoms with Crippen LogP contribution in [-0.4, -0.2) is 36.5 Å². The summed E-state index contributed by atoms with van der Waals surface area (Å²) >= 11 is 0. The van der Waals surface area contributed by atoms with Crippen molar-refractivity contribution in [2.45, 2.75) is 37.8 Å². The Kier molecular flexibility index (Phi) is 3.80. The Balaban J connectivity index is 2.33. The molecular formula is C14H19NO3S. The molecule has 1 aliphatic rings. The average molecular weight is 281 g/mol. The summed E-state index contributed by atoms with van der Waals surface area (Å²) in [4.78, 5) is 0.281. The minimum atomic E-state index is -3.52. The van der Waals surface area contributed by atoms with E-state index < -0.39 is 10.0 Å². The molecule has 0 spiro atoms. The highest BCUT2D eigenvalue weighted by atomic mass is 32.2. The van der Waals surface area contributed by atoms with Crippen molar-refractivity contribution in [2.75, 3.05) is 6.61 Å². The molecule has 1 aromatic rings. The Morgan fingerprint density at radius 1 is 1.37 bits per heavy atom. The lowest BCUT2D eigenvalue weighted by atomic mass is 10.2. The smallest absolute Gasteiger partial charge is 0.244 e. The number of aliphatic hydroxyl groups excluding tert-OH is 1. The average Bonchev–Trinajstić information content (AvgIpc) is 3.13. The molecule has 0 bridgehead atoms. The van der Waals surface area contributed by atoms with Crippen LogP contribution in [0.25, 0.3) is 0 Å². The number of benzene rings is 1. The highest BCUT2D eigenvalue weighted by molar-refractivity contribution is 7.89. The number of sulfonamides is 1. The molecule has 1 aromatic carbocycles. The Hall–Kier alpha value is -1.17. The predicted molar refractivity (Wildman–Crippen MR) is 74.3 cm³/mol. The quantitative estimate of drug-likeness (QED) is 0.675. The summed E-state index contributed by atoms with van der Waals surface area (Å²) in [7, 11) is -3.52. The van der Waals surface area contributed by atoms with Gasteiger partial charge in [0, 0.05) is 0 Å². The first kappa shape index (κ1) is 14.2. The zero-order valence-electron chi connectivity index (χ0n) is 11.4. The van der Waals surface area contributed by atoms with Crippen LogP contribution >= 0.6 is 0 Å². The molecule has 4 nitrogen and oxygen atoms in total. The molecule has 1 aliphatic heterocycles. The summed E-state index contributed by atoms with van der Waals surface area (Å²) in [6.45, 7) is 5.52. The van der Waals surface area contributed by atoms with Gasteiger partial charge in [0.15, 0.2) is 0 Å². The summed E-state index contributed by atoms with van der Waals surface area (Å²) in [5, 5.41) is 9.31. The third-order valence-electron chi connectivity index (χ3n) is 3.58. The van der Waals surface area contributed by atoms with Crippen LogP contribution in [0.1, 0.15) is 19.4 Å². The van der Waals surface area contributed by atoms with Crippen LogP contribution in [0, 0.1) is 6.92 Å². The molecule has 0 saturated carbocycles. The normalized spacial score (nSPS) is 27.4. The Bertz CT molecular complexity index is 590. The van der Waals surface area contributed by atoms with Crippen molar-refractivity contribution in [3.63, 3.8) is 0 Å². The highest BCUT2D eigenvalue weighted by Gasteiger charge is 2.55. The van der Waals surface area contributed by atoms with Crippen LogP contribution in [0.5, 0.6) is 0 Å². The van der Waals surface area contributed by atoms with Gasteiger partial charge in [0.05, 0.1) is 23.6 Å². The van der Waals surface area contributed by atoms with Crippen molar-refractivity contribution in [3.8, 4) is 0 Å². The van der Waals surface area contributed by atoms with Gasteiger partial charge in [-0.3, -0.25) is 0 Å². The van der Waals surface area contributed by atoms with E-state index in [0.29, 0.717) is 0 Å². The molecule has 1 fully saturated rings. The SMILES string of the molecule is C/C=C(\C)[C@H]1[C@H](CO)N1S(=O)(=O)c1ccc(C)cc1. The molecule has 5 heteroatoms. The lowest BCUT2D eigenvalue weighted by Gasteiger charge is -2.07. The molecule has 1 heterocycles. The van der Waals surface area contributed by atoms with E-state index in [9.17, 15) is 13.5 Å². The summed E-state index contributed by atoms with van der Waals surface area (Å²) in [5.41, 5.74) is 1.99. The Morgan fingerprint density at radius 2 is 1.95 bits per heavy atom. The largest absolute Gasteiger partial charge is 0.395 e. The number of hydrogen-bond acceptors (Lipinski definition) is 3. The van der Waals surface area contributed by atoms with Crippen LogP contribution in [0.2, 0.25) is 0 Å². The van der Waals surface area contributed by atoms with Gasteiger partial charge in [0.25, 0.3) is 0 Å². The molecule has 0 radical (unpaired) electrons. The van der Waals surface area contributed by atoms with E-state index in [1.165, 1.54) is 4.31 Å². The van der Waals surface area contributed by atoms with Crippen molar-refractivity contribution in [2.24, 2.45) is 0 Å². The molecule has 104 valence electrons. The number of rotatable bonds is 4. The number of aryl methyl sites for hydroxylation is 1. The van der Waals surface area contributed by atoms with E-state index in [4.69, 9.17) is 0 Å². The number of aliphatic hydroxyl groups is 1. The fourth-order valence-electron chi connectivity index (χ4n) is 2.27. The van der Waals surface area contributed by atoms with Crippen LogP contribution in [0.3, 0.4) is 0 Å². The fourth-order valence-corrected chi connectivity index (χ4v) is 4.09. The molecule has 0 amide bonds. The number of hydrogen-bond donors (Lipinski definition) is 1. The molecule has 1 unspecified atom stereocenters. The maximum Gasteiger partial charge on any atom is 0.244 e. The van der Waals surface area contributed by atoms with Gasteiger partial charge in [-0.25, -0.2) is 8.42 Å². The standard InChI is InChI=1S/C14H19NO3S/c1-4-11(3)14-13(9-16)15(14)19(17,18)12-7-5-10(2)6-8-12/h4-8,13-14,16H,9H2,1-3H3/b11-4+/t13-,14-,15?/m0/s1. The van der Waals surface area contributed by atoms with Gasteiger partial charge < -0.3 is 5.11 Å². The van der Waals surface area contributed by atoms with Gasteiger partial charge in [-0.15, -0.1) is 0 Å². The van der Waals surface area contributed by atoms with E-state index in [2.05, 4.69) is 0 Å². The summed E-state index contributed by atoms with van der Waals surface area (Å²) in [5.74, 6) is 0. The molecule has 0 aliphatic carbocycles. The van der Waals surface area contributed by atoms with E-state index in [0.717, 1.165) is 11.1 Å². The van der Waals surface area contributed by atoms with Crippen LogP contribution < -0.4 is 0 Å². The third kappa shape index (κ3) is 2.45. The van der Waals surface area contributed by atoms with Crippen molar-refractivity contribution >= 4 is 10.0 Å². The van der Waals surface area contributed by atoms with Crippen LogP contribution in [0.4, 0.5) is 0 Å². The van der Waals surface area contributed by atoms with E-state index >= 15 is 0 Å². The first-order valence-electron chi connectivity index (χ1n) is 6.27. The lowest BCUT2D eigenvalue weighted by Crippen LogP contribution is -2.17. The zero-order chi connectivity index (χ0) is 14.2. The van der Waals surface area contributed by atoms with Gasteiger partial charge in [-0.2, -0.15) is 4.31 Å². The van der Waals surface area contributed by atoms with Crippen LogP contribution in [-0.2, 0) is 10.0 Å².